The van der Waals surface area contributed by atoms with Crippen LogP contribution in [0.3, 0.4) is 0 Å². The van der Waals surface area contributed by atoms with Crippen LogP contribution in [0, 0.1) is 5.92 Å². The van der Waals surface area contributed by atoms with Crippen molar-refractivity contribution in [3.8, 4) is 0 Å². The summed E-state index contributed by atoms with van der Waals surface area (Å²) in [6.07, 6.45) is 1.49. The SMILES string of the molecule is CC(=O)N[C@@H](CC=O)[C@@H]1OC(C)(C)O[C@H]1CC(C)C. The highest BCUT2D eigenvalue weighted by molar-refractivity contribution is 5.73. The molecule has 0 saturated carbocycles. The van der Waals surface area contributed by atoms with E-state index in [9.17, 15) is 9.59 Å². The minimum atomic E-state index is -0.677. The maximum Gasteiger partial charge on any atom is 0.217 e. The maximum atomic E-state index is 11.3. The number of amides is 1. The van der Waals surface area contributed by atoms with Gasteiger partial charge in [-0.25, -0.2) is 0 Å². The molecule has 0 aromatic rings. The molecule has 0 aliphatic carbocycles. The molecule has 0 spiro atoms. The molecule has 1 saturated heterocycles. The second kappa shape index (κ2) is 6.48. The highest BCUT2D eigenvalue weighted by Crippen LogP contribution is 2.33. The Labute approximate surface area is 115 Å². The average molecular weight is 271 g/mol. The summed E-state index contributed by atoms with van der Waals surface area (Å²) in [5, 5.41) is 2.79. The monoisotopic (exact) mass is 271 g/mol. The summed E-state index contributed by atoms with van der Waals surface area (Å²) in [6, 6.07) is -0.333. The topological polar surface area (TPSA) is 64.6 Å². The van der Waals surface area contributed by atoms with Crippen molar-refractivity contribution < 1.29 is 19.1 Å². The van der Waals surface area contributed by atoms with Crippen LogP contribution in [0.15, 0.2) is 0 Å². The molecule has 0 bridgehead atoms. The number of nitrogens with one attached hydrogen (secondary N) is 1. The Bertz CT molecular complexity index is 327. The van der Waals surface area contributed by atoms with Crippen LogP contribution in [0.1, 0.15) is 47.5 Å². The van der Waals surface area contributed by atoms with E-state index in [0.29, 0.717) is 5.92 Å². The van der Waals surface area contributed by atoms with Crippen LogP contribution in [0.25, 0.3) is 0 Å². The zero-order valence-electron chi connectivity index (χ0n) is 12.4. The zero-order valence-corrected chi connectivity index (χ0v) is 12.4. The number of hydrogen-bond donors (Lipinski definition) is 1. The summed E-state index contributed by atoms with van der Waals surface area (Å²) in [5.41, 5.74) is 0. The lowest BCUT2D eigenvalue weighted by atomic mass is 9.96. The van der Waals surface area contributed by atoms with E-state index in [1.807, 2.05) is 13.8 Å². The summed E-state index contributed by atoms with van der Waals surface area (Å²) in [4.78, 5) is 22.0. The van der Waals surface area contributed by atoms with Crippen molar-refractivity contribution >= 4 is 12.2 Å². The van der Waals surface area contributed by atoms with Crippen LogP contribution in [-0.2, 0) is 19.1 Å². The summed E-state index contributed by atoms with van der Waals surface area (Å²) >= 11 is 0. The first kappa shape index (κ1) is 16.1. The highest BCUT2D eigenvalue weighted by atomic mass is 16.8. The van der Waals surface area contributed by atoms with Gasteiger partial charge in [0.2, 0.25) is 5.91 Å². The predicted octanol–water partition coefficient (Wildman–Crippen LogP) is 1.65. The molecule has 1 aliphatic heterocycles. The van der Waals surface area contributed by atoms with Gasteiger partial charge in [0, 0.05) is 13.3 Å². The standard InChI is InChI=1S/C14H25NO4/c1-9(2)8-12-13(19-14(4,5)18-12)11(6-7-16)15-10(3)17/h7,9,11-13H,6,8H2,1-5H3,(H,15,17)/t11-,12-,13-/m0/s1. The molecule has 1 rings (SSSR count). The summed E-state index contributed by atoms with van der Waals surface area (Å²) in [5.74, 6) is -0.383. The van der Waals surface area contributed by atoms with E-state index >= 15 is 0 Å². The molecule has 3 atom stereocenters. The van der Waals surface area contributed by atoms with Crippen LogP contribution < -0.4 is 5.32 Å². The molecule has 5 nitrogen and oxygen atoms in total. The Balaban J connectivity index is 2.83. The molecule has 1 aliphatic rings. The second-order valence-electron chi connectivity index (χ2n) is 5.98. The average Bonchev–Trinajstić information content (AvgIpc) is 2.51. The normalized spacial score (nSPS) is 27.3. The van der Waals surface area contributed by atoms with Gasteiger partial charge in [-0.3, -0.25) is 4.79 Å². The van der Waals surface area contributed by atoms with E-state index in [1.165, 1.54) is 6.92 Å². The molecule has 1 amide bonds. The fourth-order valence-electron chi connectivity index (χ4n) is 2.49. The van der Waals surface area contributed by atoms with Crippen LogP contribution in [0.4, 0.5) is 0 Å². The summed E-state index contributed by atoms with van der Waals surface area (Å²) in [6.45, 7) is 9.37. The van der Waals surface area contributed by atoms with Crippen molar-refractivity contribution in [2.45, 2.75) is 71.5 Å². The largest absolute Gasteiger partial charge is 0.350 e. The number of carbonyl (C=O) groups is 2. The fourth-order valence-corrected chi connectivity index (χ4v) is 2.49. The van der Waals surface area contributed by atoms with Crippen molar-refractivity contribution in [1.82, 2.24) is 5.32 Å². The molecule has 110 valence electrons. The predicted molar refractivity (Wildman–Crippen MR) is 71.6 cm³/mol. The van der Waals surface area contributed by atoms with E-state index < -0.39 is 5.79 Å². The van der Waals surface area contributed by atoms with Gasteiger partial charge in [0.25, 0.3) is 0 Å². The van der Waals surface area contributed by atoms with Gasteiger partial charge >= 0.3 is 0 Å². The minimum Gasteiger partial charge on any atom is -0.350 e. The molecule has 5 heteroatoms. The lowest BCUT2D eigenvalue weighted by Crippen LogP contribution is -2.47. The minimum absolute atomic E-state index is 0.105. The Hall–Kier alpha value is -0.940. The third kappa shape index (κ3) is 4.91. The third-order valence-corrected chi connectivity index (χ3v) is 3.06. The third-order valence-electron chi connectivity index (χ3n) is 3.06. The van der Waals surface area contributed by atoms with Gasteiger partial charge in [-0.05, 0) is 26.2 Å². The van der Waals surface area contributed by atoms with Gasteiger partial charge < -0.3 is 19.6 Å². The molecular formula is C14H25NO4. The van der Waals surface area contributed by atoms with Crippen molar-refractivity contribution in [3.63, 3.8) is 0 Å². The number of rotatable bonds is 6. The Morgan fingerprint density at radius 2 is 2.00 bits per heavy atom. The fraction of sp³-hybridized carbons (Fsp3) is 0.857. The van der Waals surface area contributed by atoms with Gasteiger partial charge in [0.1, 0.15) is 12.4 Å². The molecular weight excluding hydrogens is 246 g/mol. The highest BCUT2D eigenvalue weighted by Gasteiger charge is 2.45. The second-order valence-corrected chi connectivity index (χ2v) is 5.98. The van der Waals surface area contributed by atoms with Gasteiger partial charge in [-0.2, -0.15) is 0 Å². The van der Waals surface area contributed by atoms with E-state index in [4.69, 9.17) is 9.47 Å². The first-order valence-electron chi connectivity index (χ1n) is 6.81. The van der Waals surface area contributed by atoms with E-state index in [1.54, 1.807) is 0 Å². The van der Waals surface area contributed by atoms with Crippen LogP contribution in [-0.4, -0.2) is 36.2 Å². The van der Waals surface area contributed by atoms with Crippen molar-refractivity contribution in [3.05, 3.63) is 0 Å². The van der Waals surface area contributed by atoms with Gasteiger partial charge in [0.05, 0.1) is 12.1 Å². The van der Waals surface area contributed by atoms with Crippen LogP contribution >= 0.6 is 0 Å². The molecule has 0 unspecified atom stereocenters. The quantitative estimate of drug-likeness (QED) is 0.746. The van der Waals surface area contributed by atoms with E-state index in [-0.39, 0.29) is 30.6 Å². The first-order valence-corrected chi connectivity index (χ1v) is 6.81. The summed E-state index contributed by atoms with van der Waals surface area (Å²) in [7, 11) is 0. The van der Waals surface area contributed by atoms with Gasteiger partial charge in [0.15, 0.2) is 5.79 Å². The zero-order chi connectivity index (χ0) is 14.6. The van der Waals surface area contributed by atoms with Crippen molar-refractivity contribution in [2.75, 3.05) is 0 Å². The number of aldehydes is 1. The molecule has 0 aromatic carbocycles. The Morgan fingerprint density at radius 1 is 1.37 bits per heavy atom. The summed E-state index contributed by atoms with van der Waals surface area (Å²) < 4.78 is 11.8. The van der Waals surface area contributed by atoms with Gasteiger partial charge in [-0.15, -0.1) is 0 Å². The van der Waals surface area contributed by atoms with E-state index in [2.05, 4.69) is 19.2 Å². The van der Waals surface area contributed by atoms with E-state index in [0.717, 1.165) is 12.7 Å². The maximum absolute atomic E-state index is 11.3. The molecule has 1 heterocycles. The number of hydrogen-bond acceptors (Lipinski definition) is 4. The molecule has 19 heavy (non-hydrogen) atoms. The molecule has 1 N–H and O–H groups in total. The molecule has 0 radical (unpaired) electrons. The Kier molecular flexibility index (Phi) is 5.50. The van der Waals surface area contributed by atoms with Crippen LogP contribution in [0.2, 0.25) is 0 Å². The number of carbonyl (C=O) groups excluding carboxylic acids is 2. The first-order chi connectivity index (χ1) is 8.75. The van der Waals surface area contributed by atoms with Crippen molar-refractivity contribution in [1.29, 1.82) is 0 Å². The molecule has 1 fully saturated rings. The Morgan fingerprint density at radius 3 is 2.47 bits per heavy atom. The van der Waals surface area contributed by atoms with Crippen molar-refractivity contribution in [2.24, 2.45) is 5.92 Å². The number of ether oxygens (including phenoxy) is 2. The van der Waals surface area contributed by atoms with Gasteiger partial charge in [-0.1, -0.05) is 13.8 Å². The lowest BCUT2D eigenvalue weighted by molar-refractivity contribution is -0.151. The van der Waals surface area contributed by atoms with Crippen LogP contribution in [0.5, 0.6) is 0 Å². The molecule has 0 aromatic heterocycles. The lowest BCUT2D eigenvalue weighted by Gasteiger charge is -2.26. The smallest absolute Gasteiger partial charge is 0.217 e.